The Kier molecular flexibility index (Phi) is 5.67. The molecule has 1 heterocycles. The van der Waals surface area contributed by atoms with Gasteiger partial charge in [0.25, 0.3) is 0 Å². The monoisotopic (exact) mass is 325 g/mol. The maximum Gasteiger partial charge on any atom is 0.338 e. The van der Waals surface area contributed by atoms with E-state index in [1.807, 2.05) is 0 Å². The van der Waals surface area contributed by atoms with Crippen molar-refractivity contribution in [3.8, 4) is 0 Å². The zero-order chi connectivity index (χ0) is 17.0. The number of carbonyl (C=O) groups is 2. The number of benzene rings is 1. The average molecular weight is 325 g/mol. The molecular weight excluding hydrogens is 306 g/mol. The van der Waals surface area contributed by atoms with Crippen molar-refractivity contribution in [1.82, 2.24) is 5.32 Å². The number of amides is 1. The molecule has 0 bridgehead atoms. The van der Waals surface area contributed by atoms with Gasteiger partial charge < -0.3 is 30.1 Å². The molecule has 4 N–H and O–H groups in total. The number of rotatable bonds is 4. The summed E-state index contributed by atoms with van der Waals surface area (Å²) in [5.74, 6) is -1.10. The summed E-state index contributed by atoms with van der Waals surface area (Å²) >= 11 is 0. The van der Waals surface area contributed by atoms with E-state index in [0.717, 1.165) is 0 Å². The Balaban J connectivity index is 1.94. The number of hydrogen-bond donors (Lipinski definition) is 4. The van der Waals surface area contributed by atoms with Crippen molar-refractivity contribution in [3.05, 3.63) is 35.9 Å². The predicted octanol–water partition coefficient (Wildman–Crippen LogP) is -1.21. The van der Waals surface area contributed by atoms with Gasteiger partial charge in [-0.2, -0.15) is 0 Å². The lowest BCUT2D eigenvalue weighted by Crippen LogP contribution is -2.64. The molecular formula is C15H19NO7. The third-order valence-electron chi connectivity index (χ3n) is 3.48. The SMILES string of the molecule is CC(=O)N[C@@H]1[C@H](O)OC(COC(=O)c2ccccc2)C(O)[C@@H]1O. The van der Waals surface area contributed by atoms with E-state index in [4.69, 9.17) is 9.47 Å². The molecule has 126 valence electrons. The highest BCUT2D eigenvalue weighted by Crippen LogP contribution is 2.20. The molecule has 2 unspecified atom stereocenters. The molecule has 2 rings (SSSR count). The maximum absolute atomic E-state index is 11.8. The minimum Gasteiger partial charge on any atom is -0.459 e. The van der Waals surface area contributed by atoms with Crippen molar-refractivity contribution in [2.75, 3.05) is 6.61 Å². The fourth-order valence-corrected chi connectivity index (χ4v) is 2.29. The van der Waals surface area contributed by atoms with Gasteiger partial charge in [-0.05, 0) is 12.1 Å². The van der Waals surface area contributed by atoms with Crippen molar-refractivity contribution < 1.29 is 34.4 Å². The van der Waals surface area contributed by atoms with Crippen LogP contribution in [0, 0.1) is 0 Å². The Morgan fingerprint density at radius 1 is 1.17 bits per heavy atom. The second kappa shape index (κ2) is 7.51. The van der Waals surface area contributed by atoms with Crippen molar-refractivity contribution in [1.29, 1.82) is 0 Å². The Morgan fingerprint density at radius 3 is 2.43 bits per heavy atom. The lowest BCUT2D eigenvalue weighted by Gasteiger charge is -2.40. The summed E-state index contributed by atoms with van der Waals surface area (Å²) in [6, 6.07) is 7.07. The van der Waals surface area contributed by atoms with Crippen molar-refractivity contribution in [2.45, 2.75) is 37.6 Å². The Bertz CT molecular complexity index is 550. The van der Waals surface area contributed by atoms with Crippen molar-refractivity contribution in [3.63, 3.8) is 0 Å². The summed E-state index contributed by atoms with van der Waals surface area (Å²) in [4.78, 5) is 22.8. The third-order valence-corrected chi connectivity index (χ3v) is 3.48. The standard InChI is InChI=1S/C15H19NO7/c1-8(17)16-11-13(19)12(18)10(23-15(11)21)7-22-14(20)9-5-3-2-4-6-9/h2-6,10-13,15,18-19,21H,7H2,1H3,(H,16,17)/t10?,11-,12?,13+,15+/m0/s1. The molecule has 1 aromatic carbocycles. The average Bonchev–Trinajstić information content (AvgIpc) is 2.54. The van der Waals surface area contributed by atoms with Crippen LogP contribution in [0.1, 0.15) is 17.3 Å². The third kappa shape index (κ3) is 4.26. The van der Waals surface area contributed by atoms with Crippen LogP contribution in [-0.4, -0.2) is 64.4 Å². The molecule has 0 aromatic heterocycles. The normalized spacial score (nSPS) is 30.5. The molecule has 8 heteroatoms. The van der Waals surface area contributed by atoms with Gasteiger partial charge in [-0.25, -0.2) is 4.79 Å². The first-order chi connectivity index (χ1) is 10.9. The van der Waals surface area contributed by atoms with E-state index >= 15 is 0 Å². The quantitative estimate of drug-likeness (QED) is 0.512. The zero-order valence-corrected chi connectivity index (χ0v) is 12.5. The minimum absolute atomic E-state index is 0.329. The molecule has 0 spiro atoms. The number of carbonyl (C=O) groups excluding carboxylic acids is 2. The molecule has 1 saturated heterocycles. The van der Waals surface area contributed by atoms with Crippen LogP contribution in [0.2, 0.25) is 0 Å². The number of nitrogens with one attached hydrogen (secondary N) is 1. The van der Waals surface area contributed by atoms with Crippen LogP contribution in [0.15, 0.2) is 30.3 Å². The van der Waals surface area contributed by atoms with Crippen LogP contribution in [0.5, 0.6) is 0 Å². The lowest BCUT2D eigenvalue weighted by molar-refractivity contribution is -0.253. The van der Waals surface area contributed by atoms with Gasteiger partial charge in [0, 0.05) is 6.92 Å². The van der Waals surface area contributed by atoms with Gasteiger partial charge in [-0.3, -0.25) is 4.79 Å². The van der Waals surface area contributed by atoms with E-state index in [1.165, 1.54) is 6.92 Å². The molecule has 23 heavy (non-hydrogen) atoms. The van der Waals surface area contributed by atoms with Crippen LogP contribution in [0.4, 0.5) is 0 Å². The summed E-state index contributed by atoms with van der Waals surface area (Å²) in [5, 5.41) is 32.1. The first-order valence-corrected chi connectivity index (χ1v) is 7.09. The van der Waals surface area contributed by atoms with Gasteiger partial charge in [0.2, 0.25) is 5.91 Å². The predicted molar refractivity (Wildman–Crippen MR) is 77.2 cm³/mol. The highest BCUT2D eigenvalue weighted by Gasteiger charge is 2.44. The minimum atomic E-state index is -1.53. The van der Waals surface area contributed by atoms with E-state index in [2.05, 4.69) is 5.32 Å². The maximum atomic E-state index is 11.8. The molecule has 0 saturated carbocycles. The summed E-state index contributed by atoms with van der Waals surface area (Å²) in [5.41, 5.74) is 0.329. The first kappa shape index (κ1) is 17.4. The summed E-state index contributed by atoms with van der Waals surface area (Å²) in [6.07, 6.45) is -5.53. The number of ether oxygens (including phenoxy) is 2. The van der Waals surface area contributed by atoms with Crippen molar-refractivity contribution in [2.24, 2.45) is 0 Å². The Morgan fingerprint density at radius 2 is 1.83 bits per heavy atom. The molecule has 0 radical (unpaired) electrons. The van der Waals surface area contributed by atoms with E-state index in [1.54, 1.807) is 30.3 Å². The highest BCUT2D eigenvalue weighted by molar-refractivity contribution is 5.89. The van der Waals surface area contributed by atoms with E-state index < -0.39 is 42.5 Å². The largest absolute Gasteiger partial charge is 0.459 e. The molecule has 1 aliphatic heterocycles. The molecule has 8 nitrogen and oxygen atoms in total. The van der Waals surface area contributed by atoms with E-state index in [-0.39, 0.29) is 6.61 Å². The van der Waals surface area contributed by atoms with Gasteiger partial charge in [0.1, 0.15) is 31.0 Å². The van der Waals surface area contributed by atoms with Crippen LogP contribution in [0.3, 0.4) is 0 Å². The Hall–Kier alpha value is -2.00. The smallest absolute Gasteiger partial charge is 0.338 e. The van der Waals surface area contributed by atoms with Gasteiger partial charge in [-0.15, -0.1) is 0 Å². The topological polar surface area (TPSA) is 125 Å². The van der Waals surface area contributed by atoms with Crippen molar-refractivity contribution >= 4 is 11.9 Å². The summed E-state index contributed by atoms with van der Waals surface area (Å²) in [6.45, 7) is 0.857. The summed E-state index contributed by atoms with van der Waals surface area (Å²) in [7, 11) is 0. The number of esters is 1. The number of hydrogen-bond acceptors (Lipinski definition) is 7. The van der Waals surface area contributed by atoms with Crippen LogP contribution >= 0.6 is 0 Å². The van der Waals surface area contributed by atoms with E-state index in [0.29, 0.717) is 5.56 Å². The molecule has 1 aliphatic rings. The fraction of sp³-hybridized carbons (Fsp3) is 0.467. The number of aliphatic hydroxyl groups is 3. The molecule has 1 fully saturated rings. The van der Waals surface area contributed by atoms with Crippen LogP contribution in [-0.2, 0) is 14.3 Å². The second-order valence-corrected chi connectivity index (χ2v) is 5.24. The van der Waals surface area contributed by atoms with Crippen LogP contribution in [0.25, 0.3) is 0 Å². The fourth-order valence-electron chi connectivity index (χ4n) is 2.29. The first-order valence-electron chi connectivity index (χ1n) is 7.09. The van der Waals surface area contributed by atoms with Gasteiger partial charge in [0.05, 0.1) is 5.56 Å². The molecule has 1 aromatic rings. The van der Waals surface area contributed by atoms with Gasteiger partial charge in [0.15, 0.2) is 6.29 Å². The second-order valence-electron chi connectivity index (χ2n) is 5.24. The molecule has 1 amide bonds. The zero-order valence-electron chi connectivity index (χ0n) is 12.5. The van der Waals surface area contributed by atoms with Gasteiger partial charge >= 0.3 is 5.97 Å². The summed E-state index contributed by atoms with van der Waals surface area (Å²) < 4.78 is 10.1. The van der Waals surface area contributed by atoms with E-state index in [9.17, 15) is 24.9 Å². The van der Waals surface area contributed by atoms with Gasteiger partial charge in [-0.1, -0.05) is 18.2 Å². The molecule has 0 aliphatic carbocycles. The highest BCUT2D eigenvalue weighted by atomic mass is 16.6. The Labute approximate surface area is 132 Å². The molecule has 5 atom stereocenters. The number of aliphatic hydroxyl groups excluding tert-OH is 3. The van der Waals surface area contributed by atoms with Crippen LogP contribution < -0.4 is 5.32 Å². The lowest BCUT2D eigenvalue weighted by atomic mass is 9.97.